The van der Waals surface area contributed by atoms with E-state index in [0.717, 1.165) is 21.4 Å². The lowest BCUT2D eigenvalue weighted by Crippen LogP contribution is -1.96. The molecule has 0 aliphatic carbocycles. The second kappa shape index (κ2) is 4.70. The summed E-state index contributed by atoms with van der Waals surface area (Å²) in [6.45, 7) is 0. The van der Waals surface area contributed by atoms with E-state index in [1.165, 1.54) is 6.33 Å². The zero-order chi connectivity index (χ0) is 12.4. The van der Waals surface area contributed by atoms with Gasteiger partial charge in [0.2, 0.25) is 0 Å². The first-order chi connectivity index (χ1) is 8.83. The fraction of sp³-hybridized carbons (Fsp3) is 0. The van der Waals surface area contributed by atoms with E-state index in [0.29, 0.717) is 5.65 Å². The minimum atomic E-state index is 0.687. The number of fused-ring (bicyclic) bond motifs is 1. The number of nitrogens with one attached hydrogen (secondary N) is 1. The number of hydrogen-bond donors (Lipinski definition) is 1. The van der Waals surface area contributed by atoms with Crippen molar-refractivity contribution in [3.63, 3.8) is 0 Å². The Morgan fingerprint density at radius 2 is 1.78 bits per heavy atom. The van der Waals surface area contributed by atoms with Gasteiger partial charge >= 0.3 is 0 Å². The Kier molecular flexibility index (Phi) is 2.90. The van der Waals surface area contributed by atoms with Gasteiger partial charge in [0.05, 0.1) is 5.39 Å². The SMILES string of the molecule is Brc1ccc(Nc2ncnc3ncccc23)cc1. The van der Waals surface area contributed by atoms with Crippen molar-refractivity contribution in [2.45, 2.75) is 0 Å². The van der Waals surface area contributed by atoms with E-state index >= 15 is 0 Å². The van der Waals surface area contributed by atoms with Gasteiger partial charge in [-0.15, -0.1) is 0 Å². The van der Waals surface area contributed by atoms with Crippen LogP contribution in [0.5, 0.6) is 0 Å². The van der Waals surface area contributed by atoms with Gasteiger partial charge in [0.25, 0.3) is 0 Å². The predicted molar refractivity (Wildman–Crippen MR) is 74.8 cm³/mol. The Morgan fingerprint density at radius 3 is 2.61 bits per heavy atom. The van der Waals surface area contributed by atoms with Gasteiger partial charge in [-0.25, -0.2) is 15.0 Å². The number of rotatable bonds is 2. The summed E-state index contributed by atoms with van der Waals surface area (Å²) in [5.74, 6) is 0.760. The average Bonchev–Trinajstić information content (AvgIpc) is 2.42. The van der Waals surface area contributed by atoms with Crippen LogP contribution in [0.2, 0.25) is 0 Å². The van der Waals surface area contributed by atoms with Crippen molar-refractivity contribution >= 4 is 38.5 Å². The Morgan fingerprint density at radius 1 is 0.944 bits per heavy atom. The molecule has 2 aromatic heterocycles. The molecule has 0 saturated carbocycles. The second-order valence-corrected chi connectivity index (χ2v) is 4.64. The molecule has 3 rings (SSSR count). The Hall–Kier alpha value is -2.01. The van der Waals surface area contributed by atoms with Gasteiger partial charge in [0, 0.05) is 16.4 Å². The highest BCUT2D eigenvalue weighted by molar-refractivity contribution is 9.10. The summed E-state index contributed by atoms with van der Waals surface area (Å²) >= 11 is 3.41. The van der Waals surface area contributed by atoms with E-state index < -0.39 is 0 Å². The molecule has 0 aliphatic heterocycles. The third-order valence-corrected chi connectivity index (χ3v) is 3.04. The fourth-order valence-corrected chi connectivity index (χ4v) is 1.93. The summed E-state index contributed by atoms with van der Waals surface area (Å²) in [7, 11) is 0. The first-order valence-corrected chi connectivity index (χ1v) is 6.20. The molecule has 0 unspecified atom stereocenters. The molecule has 0 spiro atoms. The predicted octanol–water partition coefficient (Wildman–Crippen LogP) is 3.53. The molecule has 2 heterocycles. The third kappa shape index (κ3) is 2.17. The van der Waals surface area contributed by atoms with Crippen molar-refractivity contribution in [3.05, 3.63) is 53.4 Å². The molecule has 0 radical (unpaired) electrons. The molecule has 0 bridgehead atoms. The number of anilines is 2. The molecule has 0 atom stereocenters. The number of hydrogen-bond acceptors (Lipinski definition) is 4. The molecule has 0 aliphatic rings. The van der Waals surface area contributed by atoms with Crippen LogP contribution in [-0.2, 0) is 0 Å². The quantitative estimate of drug-likeness (QED) is 0.786. The molecule has 0 saturated heterocycles. The molecule has 4 nitrogen and oxygen atoms in total. The van der Waals surface area contributed by atoms with E-state index in [-0.39, 0.29) is 0 Å². The van der Waals surface area contributed by atoms with Crippen molar-refractivity contribution < 1.29 is 0 Å². The normalized spacial score (nSPS) is 10.5. The summed E-state index contributed by atoms with van der Waals surface area (Å²) in [6, 6.07) is 11.7. The Balaban J connectivity index is 2.02. The lowest BCUT2D eigenvalue weighted by molar-refractivity contribution is 1.18. The molecular weight excluding hydrogens is 292 g/mol. The van der Waals surface area contributed by atoms with E-state index in [2.05, 4.69) is 36.2 Å². The molecule has 1 N–H and O–H groups in total. The lowest BCUT2D eigenvalue weighted by Gasteiger charge is -2.07. The van der Waals surface area contributed by atoms with Gasteiger partial charge in [-0.3, -0.25) is 0 Å². The maximum Gasteiger partial charge on any atom is 0.164 e. The highest BCUT2D eigenvalue weighted by Crippen LogP contribution is 2.22. The van der Waals surface area contributed by atoms with Crippen LogP contribution >= 0.6 is 15.9 Å². The van der Waals surface area contributed by atoms with Gasteiger partial charge < -0.3 is 5.32 Å². The fourth-order valence-electron chi connectivity index (χ4n) is 1.67. The minimum Gasteiger partial charge on any atom is -0.340 e. The van der Waals surface area contributed by atoms with Crippen LogP contribution in [0.3, 0.4) is 0 Å². The van der Waals surface area contributed by atoms with E-state index in [9.17, 15) is 0 Å². The molecule has 3 aromatic rings. The number of nitrogens with zero attached hydrogens (tertiary/aromatic N) is 3. The number of benzene rings is 1. The Bertz CT molecular complexity index is 677. The number of pyridine rings is 1. The van der Waals surface area contributed by atoms with Crippen LogP contribution in [0.25, 0.3) is 11.0 Å². The van der Waals surface area contributed by atoms with Gasteiger partial charge in [0.15, 0.2) is 5.65 Å². The monoisotopic (exact) mass is 300 g/mol. The summed E-state index contributed by atoms with van der Waals surface area (Å²) in [6.07, 6.45) is 3.23. The summed E-state index contributed by atoms with van der Waals surface area (Å²) < 4.78 is 1.04. The molecular formula is C13H9BrN4. The first kappa shape index (κ1) is 11.1. The van der Waals surface area contributed by atoms with E-state index in [4.69, 9.17) is 0 Å². The summed E-state index contributed by atoms with van der Waals surface area (Å²) in [5, 5.41) is 4.17. The van der Waals surface area contributed by atoms with E-state index in [1.54, 1.807) is 6.20 Å². The van der Waals surface area contributed by atoms with Crippen LogP contribution in [0, 0.1) is 0 Å². The maximum atomic E-state index is 4.25. The maximum absolute atomic E-state index is 4.25. The number of aromatic nitrogens is 3. The van der Waals surface area contributed by atoms with Crippen molar-refractivity contribution in [1.82, 2.24) is 15.0 Å². The number of halogens is 1. The topological polar surface area (TPSA) is 50.7 Å². The van der Waals surface area contributed by atoms with E-state index in [1.807, 2.05) is 36.4 Å². The van der Waals surface area contributed by atoms with Gasteiger partial charge in [-0.2, -0.15) is 0 Å². The Labute approximate surface area is 112 Å². The smallest absolute Gasteiger partial charge is 0.164 e. The van der Waals surface area contributed by atoms with Crippen LogP contribution in [0.4, 0.5) is 11.5 Å². The van der Waals surface area contributed by atoms with Crippen LogP contribution in [0.1, 0.15) is 0 Å². The molecule has 0 fully saturated rings. The second-order valence-electron chi connectivity index (χ2n) is 3.73. The van der Waals surface area contributed by atoms with Gasteiger partial charge in [-0.1, -0.05) is 15.9 Å². The van der Waals surface area contributed by atoms with Crippen LogP contribution < -0.4 is 5.32 Å². The molecule has 5 heteroatoms. The van der Waals surface area contributed by atoms with Crippen molar-refractivity contribution in [3.8, 4) is 0 Å². The minimum absolute atomic E-state index is 0.687. The highest BCUT2D eigenvalue weighted by atomic mass is 79.9. The van der Waals surface area contributed by atoms with Crippen LogP contribution in [0.15, 0.2) is 53.4 Å². The van der Waals surface area contributed by atoms with Crippen molar-refractivity contribution in [2.75, 3.05) is 5.32 Å². The average molecular weight is 301 g/mol. The van der Waals surface area contributed by atoms with Crippen molar-refractivity contribution in [2.24, 2.45) is 0 Å². The molecule has 88 valence electrons. The standard InChI is InChI=1S/C13H9BrN4/c14-9-3-5-10(6-4-9)18-13-11-2-1-7-15-12(11)16-8-17-13/h1-8H,(H,15,16,17,18). The summed E-state index contributed by atoms with van der Waals surface area (Å²) in [4.78, 5) is 12.6. The zero-order valence-corrected chi connectivity index (χ0v) is 10.9. The molecule has 0 amide bonds. The van der Waals surface area contributed by atoms with Crippen molar-refractivity contribution in [1.29, 1.82) is 0 Å². The third-order valence-electron chi connectivity index (χ3n) is 2.52. The zero-order valence-electron chi connectivity index (χ0n) is 9.34. The lowest BCUT2D eigenvalue weighted by atomic mass is 10.3. The van der Waals surface area contributed by atoms with Gasteiger partial charge in [0.1, 0.15) is 12.1 Å². The first-order valence-electron chi connectivity index (χ1n) is 5.41. The highest BCUT2D eigenvalue weighted by Gasteiger charge is 2.03. The molecule has 1 aromatic carbocycles. The summed E-state index contributed by atoms with van der Waals surface area (Å²) in [5.41, 5.74) is 1.66. The van der Waals surface area contributed by atoms with Gasteiger partial charge in [-0.05, 0) is 36.4 Å². The van der Waals surface area contributed by atoms with Crippen LogP contribution in [-0.4, -0.2) is 15.0 Å². The molecule has 18 heavy (non-hydrogen) atoms. The largest absolute Gasteiger partial charge is 0.340 e.